The Kier molecular flexibility index (Phi) is 8.16. The van der Waals surface area contributed by atoms with E-state index in [0.717, 1.165) is 45.7 Å². The average molecular weight is 417 g/mol. The van der Waals surface area contributed by atoms with Crippen molar-refractivity contribution in [3.63, 3.8) is 0 Å². The Morgan fingerprint density at radius 1 is 1.07 bits per heavy atom. The molecule has 1 heterocycles. The molecular weight excluding hydrogens is 388 g/mol. The fourth-order valence-electron chi connectivity index (χ4n) is 3.46. The van der Waals surface area contributed by atoms with Gasteiger partial charge in [-0.1, -0.05) is 41.9 Å². The molecular formula is C22H29ClN4O2. The van der Waals surface area contributed by atoms with Crippen LogP contribution in [0.15, 0.2) is 48.5 Å². The molecule has 0 atom stereocenters. The highest BCUT2D eigenvalue weighted by Crippen LogP contribution is 2.27. The third-order valence-corrected chi connectivity index (χ3v) is 5.30. The van der Waals surface area contributed by atoms with Gasteiger partial charge in [-0.25, -0.2) is 4.79 Å². The van der Waals surface area contributed by atoms with E-state index < -0.39 is 0 Å². The first-order chi connectivity index (χ1) is 14.1. The molecule has 3 rings (SSSR count). The smallest absolute Gasteiger partial charge is 0.319 e. The Bertz CT molecular complexity index is 780. The van der Waals surface area contributed by atoms with E-state index in [-0.39, 0.29) is 6.03 Å². The van der Waals surface area contributed by atoms with Crippen LogP contribution < -0.4 is 15.4 Å². The number of amides is 2. The first-order valence-corrected chi connectivity index (χ1v) is 10.4. The number of nitrogens with zero attached hydrogens (tertiary/aromatic N) is 2. The molecule has 2 amide bonds. The lowest BCUT2D eigenvalue weighted by Crippen LogP contribution is -2.46. The van der Waals surface area contributed by atoms with E-state index in [4.69, 9.17) is 16.3 Å². The summed E-state index contributed by atoms with van der Waals surface area (Å²) in [7, 11) is 1.56. The van der Waals surface area contributed by atoms with E-state index in [1.54, 1.807) is 25.3 Å². The molecule has 156 valence electrons. The number of hydrogen-bond acceptors (Lipinski definition) is 4. The van der Waals surface area contributed by atoms with Crippen LogP contribution in [0.3, 0.4) is 0 Å². The second-order valence-electron chi connectivity index (χ2n) is 7.18. The minimum atomic E-state index is -0.252. The van der Waals surface area contributed by atoms with Crippen molar-refractivity contribution in [3.8, 4) is 5.75 Å². The number of carbonyl (C=O) groups excluding carboxylic acids is 1. The number of anilines is 1. The second-order valence-corrected chi connectivity index (χ2v) is 7.62. The number of ether oxygens (including phenoxy) is 1. The van der Waals surface area contributed by atoms with Crippen LogP contribution in [-0.4, -0.2) is 62.2 Å². The zero-order valence-electron chi connectivity index (χ0n) is 16.9. The van der Waals surface area contributed by atoms with E-state index >= 15 is 0 Å². The highest BCUT2D eigenvalue weighted by atomic mass is 35.5. The van der Waals surface area contributed by atoms with Crippen molar-refractivity contribution in [2.45, 2.75) is 13.0 Å². The van der Waals surface area contributed by atoms with Gasteiger partial charge < -0.3 is 20.3 Å². The summed E-state index contributed by atoms with van der Waals surface area (Å²) in [6.45, 7) is 6.93. The van der Waals surface area contributed by atoms with Gasteiger partial charge in [0.25, 0.3) is 0 Å². The summed E-state index contributed by atoms with van der Waals surface area (Å²) in [5.74, 6) is 0.581. The minimum Gasteiger partial charge on any atom is -0.495 e. The number of urea groups is 1. The van der Waals surface area contributed by atoms with Gasteiger partial charge in [0.2, 0.25) is 0 Å². The molecule has 0 spiro atoms. The van der Waals surface area contributed by atoms with Crippen molar-refractivity contribution < 1.29 is 9.53 Å². The first-order valence-electron chi connectivity index (χ1n) is 10.0. The van der Waals surface area contributed by atoms with Crippen LogP contribution in [0.4, 0.5) is 10.5 Å². The van der Waals surface area contributed by atoms with Gasteiger partial charge in [0.1, 0.15) is 5.75 Å². The summed E-state index contributed by atoms with van der Waals surface area (Å²) < 4.78 is 5.24. The van der Waals surface area contributed by atoms with Gasteiger partial charge in [-0.3, -0.25) is 4.90 Å². The number of rotatable bonds is 8. The average Bonchev–Trinajstić information content (AvgIpc) is 2.73. The van der Waals surface area contributed by atoms with E-state index in [9.17, 15) is 4.79 Å². The number of hydrogen-bond donors (Lipinski definition) is 2. The summed E-state index contributed by atoms with van der Waals surface area (Å²) in [5, 5.41) is 6.24. The molecule has 0 radical (unpaired) electrons. The van der Waals surface area contributed by atoms with E-state index in [0.29, 0.717) is 23.0 Å². The summed E-state index contributed by atoms with van der Waals surface area (Å²) >= 11 is 5.99. The predicted molar refractivity (Wildman–Crippen MR) is 118 cm³/mol. The minimum absolute atomic E-state index is 0.252. The van der Waals surface area contributed by atoms with Gasteiger partial charge in [0.05, 0.1) is 12.8 Å². The van der Waals surface area contributed by atoms with Crippen molar-refractivity contribution in [2.24, 2.45) is 0 Å². The maximum absolute atomic E-state index is 12.1. The Labute approximate surface area is 177 Å². The van der Waals surface area contributed by atoms with E-state index in [1.807, 2.05) is 0 Å². The van der Waals surface area contributed by atoms with Gasteiger partial charge in [-0.2, -0.15) is 0 Å². The molecule has 0 unspecified atom stereocenters. The Morgan fingerprint density at radius 3 is 2.52 bits per heavy atom. The lowest BCUT2D eigenvalue weighted by Gasteiger charge is -2.34. The molecule has 1 aliphatic rings. The van der Waals surface area contributed by atoms with E-state index in [1.165, 1.54) is 5.56 Å². The molecule has 7 heteroatoms. The molecule has 1 saturated heterocycles. The van der Waals surface area contributed by atoms with Crippen molar-refractivity contribution in [2.75, 3.05) is 51.7 Å². The van der Waals surface area contributed by atoms with E-state index in [2.05, 4.69) is 50.8 Å². The molecule has 0 aliphatic carbocycles. The van der Waals surface area contributed by atoms with Crippen molar-refractivity contribution >= 4 is 23.3 Å². The molecule has 1 aliphatic heterocycles. The number of piperazine rings is 1. The Hall–Kier alpha value is -2.28. The topological polar surface area (TPSA) is 56.8 Å². The fourth-order valence-corrected chi connectivity index (χ4v) is 3.63. The van der Waals surface area contributed by atoms with Crippen molar-refractivity contribution in [1.82, 2.24) is 15.1 Å². The molecule has 2 N–H and O–H groups in total. The van der Waals surface area contributed by atoms with Crippen LogP contribution >= 0.6 is 11.6 Å². The van der Waals surface area contributed by atoms with Gasteiger partial charge >= 0.3 is 6.03 Å². The van der Waals surface area contributed by atoms with Crippen LogP contribution in [0.25, 0.3) is 0 Å². The molecule has 0 saturated carbocycles. The zero-order valence-corrected chi connectivity index (χ0v) is 17.6. The SMILES string of the molecule is COc1ccc(Cl)cc1NC(=O)NCCCN1CCN(Cc2ccccc2)CC1. The molecule has 0 aromatic heterocycles. The molecule has 2 aromatic carbocycles. The maximum atomic E-state index is 12.1. The Morgan fingerprint density at radius 2 is 1.79 bits per heavy atom. The molecule has 6 nitrogen and oxygen atoms in total. The molecule has 2 aromatic rings. The van der Waals surface area contributed by atoms with Crippen molar-refractivity contribution in [3.05, 3.63) is 59.1 Å². The fraction of sp³-hybridized carbons (Fsp3) is 0.409. The van der Waals surface area contributed by atoms with Gasteiger partial charge in [-0.05, 0) is 36.7 Å². The summed E-state index contributed by atoms with van der Waals surface area (Å²) in [5.41, 5.74) is 1.93. The third kappa shape index (κ3) is 6.92. The number of benzene rings is 2. The third-order valence-electron chi connectivity index (χ3n) is 5.06. The largest absolute Gasteiger partial charge is 0.495 e. The highest BCUT2D eigenvalue weighted by molar-refractivity contribution is 6.31. The number of methoxy groups -OCH3 is 1. The van der Waals surface area contributed by atoms with Crippen LogP contribution in [0.2, 0.25) is 5.02 Å². The lowest BCUT2D eigenvalue weighted by molar-refractivity contribution is 0.126. The van der Waals surface area contributed by atoms with Gasteiger partial charge in [-0.15, -0.1) is 0 Å². The zero-order chi connectivity index (χ0) is 20.5. The van der Waals surface area contributed by atoms with Gasteiger partial charge in [0.15, 0.2) is 0 Å². The number of halogens is 1. The predicted octanol–water partition coefficient (Wildman–Crippen LogP) is 3.68. The monoisotopic (exact) mass is 416 g/mol. The van der Waals surface area contributed by atoms with Crippen LogP contribution in [0.1, 0.15) is 12.0 Å². The standard InChI is InChI=1S/C22H29ClN4O2/c1-29-21-9-8-19(23)16-20(21)25-22(28)24-10-5-11-26-12-14-27(15-13-26)17-18-6-3-2-4-7-18/h2-4,6-9,16H,5,10-15,17H2,1H3,(H2,24,25,28). The lowest BCUT2D eigenvalue weighted by atomic mass is 10.2. The molecule has 0 bridgehead atoms. The van der Waals surface area contributed by atoms with Crippen LogP contribution in [-0.2, 0) is 6.54 Å². The first kappa shape index (κ1) is 21.4. The van der Waals surface area contributed by atoms with Crippen molar-refractivity contribution in [1.29, 1.82) is 0 Å². The quantitative estimate of drug-likeness (QED) is 0.644. The second kappa shape index (κ2) is 11.0. The summed E-state index contributed by atoms with van der Waals surface area (Å²) in [6, 6.07) is 15.5. The summed E-state index contributed by atoms with van der Waals surface area (Å²) in [4.78, 5) is 17.1. The normalized spacial score (nSPS) is 15.1. The highest BCUT2D eigenvalue weighted by Gasteiger charge is 2.16. The molecule has 1 fully saturated rings. The van der Waals surface area contributed by atoms with Crippen LogP contribution in [0.5, 0.6) is 5.75 Å². The maximum Gasteiger partial charge on any atom is 0.319 e. The molecule has 29 heavy (non-hydrogen) atoms. The Balaban J connectivity index is 1.31. The number of nitrogens with one attached hydrogen (secondary N) is 2. The summed E-state index contributed by atoms with van der Waals surface area (Å²) in [6.07, 6.45) is 0.915. The van der Waals surface area contributed by atoms with Gasteiger partial charge in [0, 0.05) is 44.3 Å². The number of carbonyl (C=O) groups is 1. The van der Waals surface area contributed by atoms with Crippen LogP contribution in [0, 0.1) is 0 Å².